The molecule has 6 nitrogen and oxygen atoms in total. The van der Waals surface area contributed by atoms with Crippen LogP contribution in [-0.4, -0.2) is 37.0 Å². The standard InChI is InChI=1S/C15H21N3O3/c1-10-5-3-7-12(21-2)13(10)17-15(20)18-8-4-6-11(9-18)14(16)19/h3,5,7,11H,4,6,8-9H2,1-2H3,(H2,16,19)(H,17,20). The van der Waals surface area contributed by atoms with Gasteiger partial charge in [-0.2, -0.15) is 0 Å². The van der Waals surface area contributed by atoms with Gasteiger partial charge in [0.05, 0.1) is 18.7 Å². The third-order valence-corrected chi connectivity index (χ3v) is 3.80. The lowest BCUT2D eigenvalue weighted by Crippen LogP contribution is -2.45. The van der Waals surface area contributed by atoms with Crippen LogP contribution in [0, 0.1) is 12.8 Å². The number of anilines is 1. The Morgan fingerprint density at radius 3 is 2.86 bits per heavy atom. The van der Waals surface area contributed by atoms with E-state index in [9.17, 15) is 9.59 Å². The topological polar surface area (TPSA) is 84.7 Å². The Kier molecular flexibility index (Phi) is 4.67. The normalized spacial score (nSPS) is 18.2. The first-order valence-corrected chi connectivity index (χ1v) is 7.01. The maximum absolute atomic E-state index is 12.4. The van der Waals surface area contributed by atoms with Gasteiger partial charge in [-0.15, -0.1) is 0 Å². The molecule has 21 heavy (non-hydrogen) atoms. The number of likely N-dealkylation sites (tertiary alicyclic amines) is 1. The second-order valence-electron chi connectivity index (χ2n) is 5.27. The van der Waals surface area contributed by atoms with Crippen molar-refractivity contribution in [2.45, 2.75) is 19.8 Å². The molecule has 0 spiro atoms. The predicted octanol–water partition coefficient (Wildman–Crippen LogP) is 1.73. The molecule has 0 aromatic heterocycles. The Labute approximate surface area is 124 Å². The zero-order chi connectivity index (χ0) is 15.4. The average molecular weight is 291 g/mol. The number of carbonyl (C=O) groups is 2. The van der Waals surface area contributed by atoms with E-state index in [1.807, 2.05) is 19.1 Å². The summed E-state index contributed by atoms with van der Waals surface area (Å²) in [7, 11) is 1.56. The fourth-order valence-corrected chi connectivity index (χ4v) is 2.55. The van der Waals surface area contributed by atoms with E-state index >= 15 is 0 Å². The number of piperidine rings is 1. The fourth-order valence-electron chi connectivity index (χ4n) is 2.55. The first-order valence-electron chi connectivity index (χ1n) is 7.01. The summed E-state index contributed by atoms with van der Waals surface area (Å²) >= 11 is 0. The number of aryl methyl sites for hydroxylation is 1. The number of hydrogen-bond donors (Lipinski definition) is 2. The molecule has 0 aliphatic carbocycles. The highest BCUT2D eigenvalue weighted by Gasteiger charge is 2.27. The molecule has 1 atom stereocenters. The molecule has 1 saturated heterocycles. The quantitative estimate of drug-likeness (QED) is 0.889. The first kappa shape index (κ1) is 15.2. The van der Waals surface area contributed by atoms with Crippen LogP contribution >= 0.6 is 0 Å². The molecular weight excluding hydrogens is 270 g/mol. The molecule has 1 unspecified atom stereocenters. The minimum absolute atomic E-state index is 0.228. The molecule has 1 heterocycles. The van der Waals surface area contributed by atoms with Crippen LogP contribution in [0.2, 0.25) is 0 Å². The van der Waals surface area contributed by atoms with Crippen molar-refractivity contribution in [2.24, 2.45) is 11.7 Å². The van der Waals surface area contributed by atoms with Crippen LogP contribution in [0.15, 0.2) is 18.2 Å². The van der Waals surface area contributed by atoms with Crippen molar-refractivity contribution in [3.05, 3.63) is 23.8 Å². The molecule has 1 aliphatic rings. The number of nitrogens with two attached hydrogens (primary N) is 1. The van der Waals surface area contributed by atoms with Crippen LogP contribution in [0.5, 0.6) is 5.75 Å². The number of nitrogens with one attached hydrogen (secondary N) is 1. The van der Waals surface area contributed by atoms with Crippen LogP contribution in [0.3, 0.4) is 0 Å². The van der Waals surface area contributed by atoms with Gasteiger partial charge in [-0.25, -0.2) is 4.79 Å². The molecule has 1 aliphatic heterocycles. The maximum atomic E-state index is 12.4. The summed E-state index contributed by atoms with van der Waals surface area (Å²) in [5, 5.41) is 2.87. The molecule has 3 N–H and O–H groups in total. The lowest BCUT2D eigenvalue weighted by Gasteiger charge is -2.31. The van der Waals surface area contributed by atoms with Crippen molar-refractivity contribution in [1.29, 1.82) is 0 Å². The molecule has 1 fully saturated rings. The monoisotopic (exact) mass is 291 g/mol. The molecule has 6 heteroatoms. The van der Waals surface area contributed by atoms with E-state index in [0.29, 0.717) is 24.5 Å². The van der Waals surface area contributed by atoms with Gasteiger partial charge in [0.25, 0.3) is 0 Å². The molecule has 1 aromatic rings. The van der Waals surface area contributed by atoms with Crippen molar-refractivity contribution in [1.82, 2.24) is 4.90 Å². The van der Waals surface area contributed by atoms with Crippen molar-refractivity contribution >= 4 is 17.6 Å². The van der Waals surface area contributed by atoms with E-state index in [0.717, 1.165) is 18.4 Å². The van der Waals surface area contributed by atoms with Gasteiger partial charge in [0.15, 0.2) is 0 Å². The molecule has 0 bridgehead atoms. The summed E-state index contributed by atoms with van der Waals surface area (Å²) < 4.78 is 5.27. The Bertz CT molecular complexity index is 545. The molecule has 114 valence electrons. The lowest BCUT2D eigenvalue weighted by molar-refractivity contribution is -0.123. The second kappa shape index (κ2) is 6.47. The summed E-state index contributed by atoms with van der Waals surface area (Å²) in [5.74, 6) is 0.0102. The smallest absolute Gasteiger partial charge is 0.321 e. The van der Waals surface area contributed by atoms with Crippen LogP contribution in [0.25, 0.3) is 0 Å². The average Bonchev–Trinajstić information content (AvgIpc) is 2.49. The molecule has 1 aromatic carbocycles. The number of hydrogen-bond acceptors (Lipinski definition) is 3. The number of urea groups is 1. The summed E-state index contributed by atoms with van der Waals surface area (Å²) in [4.78, 5) is 25.3. The van der Waals surface area contributed by atoms with Gasteiger partial charge >= 0.3 is 6.03 Å². The zero-order valence-corrected chi connectivity index (χ0v) is 12.4. The lowest BCUT2D eigenvalue weighted by atomic mass is 9.98. The molecule has 2 rings (SSSR count). The number of para-hydroxylation sites is 1. The van der Waals surface area contributed by atoms with Gasteiger partial charge in [-0.05, 0) is 31.4 Å². The summed E-state index contributed by atoms with van der Waals surface area (Å²) in [6.07, 6.45) is 1.53. The predicted molar refractivity (Wildman–Crippen MR) is 80.2 cm³/mol. The van der Waals surface area contributed by atoms with Crippen molar-refractivity contribution in [3.8, 4) is 5.75 Å². The Morgan fingerprint density at radius 1 is 1.43 bits per heavy atom. The van der Waals surface area contributed by atoms with E-state index in [2.05, 4.69) is 5.32 Å². The molecule has 0 radical (unpaired) electrons. The summed E-state index contributed by atoms with van der Waals surface area (Å²) in [6, 6.07) is 5.34. The van der Waals surface area contributed by atoms with Gasteiger partial charge in [-0.1, -0.05) is 12.1 Å². The SMILES string of the molecule is COc1cccc(C)c1NC(=O)N1CCCC(C(N)=O)C1. The third-order valence-electron chi connectivity index (χ3n) is 3.80. The Morgan fingerprint density at radius 2 is 2.19 bits per heavy atom. The molecule has 3 amide bonds. The van der Waals surface area contributed by atoms with Crippen molar-refractivity contribution in [2.75, 3.05) is 25.5 Å². The van der Waals surface area contributed by atoms with Gasteiger partial charge in [0.1, 0.15) is 5.75 Å². The number of carbonyl (C=O) groups excluding carboxylic acids is 2. The largest absolute Gasteiger partial charge is 0.495 e. The van der Waals surface area contributed by atoms with Gasteiger partial charge in [0, 0.05) is 13.1 Å². The van der Waals surface area contributed by atoms with Crippen LogP contribution in [0.4, 0.5) is 10.5 Å². The number of nitrogens with zero attached hydrogens (tertiary/aromatic N) is 1. The number of amides is 3. The van der Waals surface area contributed by atoms with E-state index in [1.54, 1.807) is 18.1 Å². The van der Waals surface area contributed by atoms with E-state index in [4.69, 9.17) is 10.5 Å². The Balaban J connectivity index is 2.09. The zero-order valence-electron chi connectivity index (χ0n) is 12.4. The number of primary amides is 1. The number of rotatable bonds is 3. The molecule has 0 saturated carbocycles. The maximum Gasteiger partial charge on any atom is 0.321 e. The van der Waals surface area contributed by atoms with Crippen LogP contribution in [0.1, 0.15) is 18.4 Å². The van der Waals surface area contributed by atoms with Crippen molar-refractivity contribution in [3.63, 3.8) is 0 Å². The first-order chi connectivity index (χ1) is 10.0. The van der Waals surface area contributed by atoms with Crippen LogP contribution < -0.4 is 15.8 Å². The van der Waals surface area contributed by atoms with E-state index in [-0.39, 0.29) is 17.9 Å². The highest BCUT2D eigenvalue weighted by atomic mass is 16.5. The third kappa shape index (κ3) is 3.45. The number of methoxy groups -OCH3 is 1. The highest BCUT2D eigenvalue weighted by Crippen LogP contribution is 2.28. The van der Waals surface area contributed by atoms with Crippen LogP contribution in [-0.2, 0) is 4.79 Å². The fraction of sp³-hybridized carbons (Fsp3) is 0.467. The minimum Gasteiger partial charge on any atom is -0.495 e. The van der Waals surface area contributed by atoms with Gasteiger partial charge in [-0.3, -0.25) is 4.79 Å². The molecular formula is C15H21N3O3. The minimum atomic E-state index is -0.346. The number of benzene rings is 1. The summed E-state index contributed by atoms with van der Waals surface area (Å²) in [6.45, 7) is 2.90. The highest BCUT2D eigenvalue weighted by molar-refractivity contribution is 5.92. The van der Waals surface area contributed by atoms with Gasteiger partial charge in [0.2, 0.25) is 5.91 Å². The van der Waals surface area contributed by atoms with Gasteiger partial charge < -0.3 is 20.7 Å². The van der Waals surface area contributed by atoms with Crippen molar-refractivity contribution < 1.29 is 14.3 Å². The van der Waals surface area contributed by atoms with E-state index < -0.39 is 0 Å². The number of ether oxygens (including phenoxy) is 1. The van der Waals surface area contributed by atoms with E-state index in [1.165, 1.54) is 0 Å². The Hall–Kier alpha value is -2.24. The summed E-state index contributed by atoms with van der Waals surface area (Å²) in [5.41, 5.74) is 6.92. The second-order valence-corrected chi connectivity index (χ2v) is 5.27.